The lowest BCUT2D eigenvalue weighted by atomic mass is 10.1. The third kappa shape index (κ3) is 3.56. The molecule has 0 amide bonds. The van der Waals surface area contributed by atoms with Crippen LogP contribution < -0.4 is 0 Å². The maximum absolute atomic E-state index is 12.4. The maximum atomic E-state index is 12.4. The number of Topliss-reactive ketones (excluding diaryl/α,β-unsaturated/α-hetero) is 1. The van der Waals surface area contributed by atoms with Gasteiger partial charge in [0, 0.05) is 16.0 Å². The van der Waals surface area contributed by atoms with Crippen molar-refractivity contribution in [3.05, 3.63) is 81.8 Å². The number of aryl methyl sites for hydroxylation is 1. The SMILES string of the molecule is Cc1nn(-c2ccccc2)c2sc(C(=O)OCC(=O)c3ccc(Cl)cc3)cc12. The van der Waals surface area contributed by atoms with Crippen LogP contribution in [0.15, 0.2) is 60.7 Å². The summed E-state index contributed by atoms with van der Waals surface area (Å²) in [6.45, 7) is 1.58. The highest BCUT2D eigenvalue weighted by atomic mass is 35.5. The molecule has 0 unspecified atom stereocenters. The molecule has 0 aliphatic carbocycles. The topological polar surface area (TPSA) is 61.2 Å². The summed E-state index contributed by atoms with van der Waals surface area (Å²) in [6.07, 6.45) is 0. The Morgan fingerprint density at radius 2 is 1.82 bits per heavy atom. The lowest BCUT2D eigenvalue weighted by molar-refractivity contribution is 0.0479. The molecule has 4 aromatic rings. The van der Waals surface area contributed by atoms with Gasteiger partial charge in [0.15, 0.2) is 12.4 Å². The minimum absolute atomic E-state index is 0.280. The molecule has 0 spiro atoms. The summed E-state index contributed by atoms with van der Waals surface area (Å²) >= 11 is 7.11. The maximum Gasteiger partial charge on any atom is 0.348 e. The standard InChI is InChI=1S/C21H15ClN2O3S/c1-13-17-11-19(28-20(17)24(23-13)16-5-3-2-4-6-16)21(26)27-12-18(25)14-7-9-15(22)10-8-14/h2-11H,12H2,1H3. The highest BCUT2D eigenvalue weighted by molar-refractivity contribution is 7.20. The zero-order valence-electron chi connectivity index (χ0n) is 14.9. The first-order chi connectivity index (χ1) is 13.5. The molecule has 2 aromatic carbocycles. The molecule has 4 rings (SSSR count). The van der Waals surface area contributed by atoms with Crippen molar-refractivity contribution in [3.63, 3.8) is 0 Å². The molecule has 7 heteroatoms. The van der Waals surface area contributed by atoms with Gasteiger partial charge in [-0.3, -0.25) is 4.79 Å². The Kier molecular flexibility index (Phi) is 4.98. The number of aromatic nitrogens is 2. The fraction of sp³-hybridized carbons (Fsp3) is 0.0952. The van der Waals surface area contributed by atoms with Crippen LogP contribution in [0.2, 0.25) is 5.02 Å². The van der Waals surface area contributed by atoms with Gasteiger partial charge in [-0.25, -0.2) is 9.48 Å². The van der Waals surface area contributed by atoms with Crippen LogP contribution in [0.1, 0.15) is 25.7 Å². The van der Waals surface area contributed by atoms with E-state index in [1.54, 1.807) is 30.3 Å². The lowest BCUT2D eigenvalue weighted by Gasteiger charge is -2.03. The number of halogens is 1. The van der Waals surface area contributed by atoms with Crippen molar-refractivity contribution in [2.24, 2.45) is 0 Å². The van der Waals surface area contributed by atoms with E-state index in [-0.39, 0.29) is 12.4 Å². The molecule has 5 nitrogen and oxygen atoms in total. The molecule has 0 bridgehead atoms. The summed E-state index contributed by atoms with van der Waals surface area (Å²) in [5, 5.41) is 5.99. The Hall–Kier alpha value is -2.96. The van der Waals surface area contributed by atoms with E-state index < -0.39 is 5.97 Å². The molecule has 0 radical (unpaired) electrons. The van der Waals surface area contributed by atoms with Crippen molar-refractivity contribution in [3.8, 4) is 5.69 Å². The zero-order valence-corrected chi connectivity index (χ0v) is 16.5. The van der Waals surface area contributed by atoms with Crippen molar-refractivity contribution < 1.29 is 14.3 Å². The van der Waals surface area contributed by atoms with Gasteiger partial charge in [0.2, 0.25) is 0 Å². The van der Waals surface area contributed by atoms with Crippen LogP contribution in [0.3, 0.4) is 0 Å². The van der Waals surface area contributed by atoms with Crippen LogP contribution in [0.25, 0.3) is 15.9 Å². The van der Waals surface area contributed by atoms with Gasteiger partial charge in [-0.15, -0.1) is 11.3 Å². The summed E-state index contributed by atoms with van der Waals surface area (Å²) in [4.78, 5) is 25.9. The zero-order chi connectivity index (χ0) is 19.7. The summed E-state index contributed by atoms with van der Waals surface area (Å²) in [5.74, 6) is -0.805. The number of ketones is 1. The minimum atomic E-state index is -0.525. The highest BCUT2D eigenvalue weighted by Gasteiger charge is 2.19. The van der Waals surface area contributed by atoms with Crippen molar-refractivity contribution in [1.29, 1.82) is 0 Å². The molecule has 0 aliphatic rings. The Balaban J connectivity index is 1.53. The first-order valence-electron chi connectivity index (χ1n) is 8.53. The van der Waals surface area contributed by atoms with Crippen LogP contribution >= 0.6 is 22.9 Å². The Morgan fingerprint density at radius 1 is 1.11 bits per heavy atom. The number of esters is 1. The molecule has 140 valence electrons. The first kappa shape index (κ1) is 18.4. The van der Waals surface area contributed by atoms with Gasteiger partial charge in [0.1, 0.15) is 9.71 Å². The molecule has 0 atom stereocenters. The Labute approximate surface area is 170 Å². The number of hydrogen-bond acceptors (Lipinski definition) is 5. The molecule has 2 aromatic heterocycles. The molecule has 2 heterocycles. The molecular weight excluding hydrogens is 396 g/mol. The second-order valence-corrected chi connectivity index (χ2v) is 7.64. The molecule has 0 fully saturated rings. The molecule has 0 saturated heterocycles. The smallest absolute Gasteiger partial charge is 0.348 e. The number of fused-ring (bicyclic) bond motifs is 1. The predicted octanol–water partition coefficient (Wildman–Crippen LogP) is 5.09. The number of rotatable bonds is 5. The molecular formula is C21H15ClN2O3S. The third-order valence-corrected chi connectivity index (χ3v) is 5.59. The second kappa shape index (κ2) is 7.58. The van der Waals surface area contributed by atoms with E-state index in [4.69, 9.17) is 16.3 Å². The summed E-state index contributed by atoms with van der Waals surface area (Å²) < 4.78 is 7.03. The number of carbonyl (C=O) groups is 2. The number of benzene rings is 2. The van der Waals surface area contributed by atoms with Crippen molar-refractivity contribution in [2.75, 3.05) is 6.61 Å². The minimum Gasteiger partial charge on any atom is -0.453 e. The van der Waals surface area contributed by atoms with Gasteiger partial charge in [0.25, 0.3) is 0 Å². The molecule has 28 heavy (non-hydrogen) atoms. The number of hydrogen-bond donors (Lipinski definition) is 0. The summed E-state index contributed by atoms with van der Waals surface area (Å²) in [5.41, 5.74) is 2.19. The van der Waals surface area contributed by atoms with E-state index in [1.165, 1.54) is 11.3 Å². The molecule has 0 N–H and O–H groups in total. The van der Waals surface area contributed by atoms with Gasteiger partial charge < -0.3 is 4.74 Å². The monoisotopic (exact) mass is 410 g/mol. The quantitative estimate of drug-likeness (QED) is 0.339. The van der Waals surface area contributed by atoms with E-state index in [2.05, 4.69) is 5.10 Å². The average molecular weight is 411 g/mol. The van der Waals surface area contributed by atoms with Crippen LogP contribution in [0, 0.1) is 6.92 Å². The van der Waals surface area contributed by atoms with Gasteiger partial charge >= 0.3 is 5.97 Å². The second-order valence-electron chi connectivity index (χ2n) is 6.17. The lowest BCUT2D eigenvalue weighted by Crippen LogP contribution is -2.13. The Bertz CT molecular complexity index is 1160. The van der Waals surface area contributed by atoms with Gasteiger partial charge in [0.05, 0.1) is 11.4 Å². The van der Waals surface area contributed by atoms with E-state index in [1.807, 2.05) is 41.9 Å². The van der Waals surface area contributed by atoms with Gasteiger partial charge in [-0.2, -0.15) is 5.10 Å². The number of nitrogens with zero attached hydrogens (tertiary/aromatic N) is 2. The number of carbonyl (C=O) groups excluding carboxylic acids is 2. The van der Waals surface area contributed by atoms with Crippen molar-refractivity contribution >= 4 is 44.9 Å². The van der Waals surface area contributed by atoms with Crippen LogP contribution in [-0.4, -0.2) is 28.1 Å². The van der Waals surface area contributed by atoms with Crippen LogP contribution in [0.5, 0.6) is 0 Å². The van der Waals surface area contributed by atoms with Gasteiger partial charge in [-0.1, -0.05) is 29.8 Å². The fourth-order valence-electron chi connectivity index (χ4n) is 2.81. The largest absolute Gasteiger partial charge is 0.453 e. The predicted molar refractivity (Wildman–Crippen MR) is 110 cm³/mol. The number of thiophene rings is 1. The van der Waals surface area contributed by atoms with Crippen LogP contribution in [0.4, 0.5) is 0 Å². The van der Waals surface area contributed by atoms with E-state index in [9.17, 15) is 9.59 Å². The van der Waals surface area contributed by atoms with Crippen LogP contribution in [-0.2, 0) is 4.74 Å². The highest BCUT2D eigenvalue weighted by Crippen LogP contribution is 2.30. The first-order valence-corrected chi connectivity index (χ1v) is 9.73. The van der Waals surface area contributed by atoms with Crippen molar-refractivity contribution in [1.82, 2.24) is 9.78 Å². The number of para-hydroxylation sites is 1. The molecule has 0 aliphatic heterocycles. The summed E-state index contributed by atoms with van der Waals surface area (Å²) in [6, 6.07) is 17.9. The fourth-order valence-corrected chi connectivity index (χ4v) is 4.02. The molecule has 0 saturated carbocycles. The third-order valence-electron chi connectivity index (χ3n) is 4.25. The normalized spacial score (nSPS) is 10.9. The van der Waals surface area contributed by atoms with Crippen molar-refractivity contribution in [2.45, 2.75) is 6.92 Å². The van der Waals surface area contributed by atoms with E-state index in [0.29, 0.717) is 15.5 Å². The van der Waals surface area contributed by atoms with E-state index >= 15 is 0 Å². The van der Waals surface area contributed by atoms with Gasteiger partial charge in [-0.05, 0) is 49.4 Å². The Morgan fingerprint density at radius 3 is 2.54 bits per heavy atom. The summed E-state index contributed by atoms with van der Waals surface area (Å²) in [7, 11) is 0. The average Bonchev–Trinajstić information content (AvgIpc) is 3.28. The number of ether oxygens (including phenoxy) is 1. The van der Waals surface area contributed by atoms with E-state index in [0.717, 1.165) is 21.6 Å².